The smallest absolute Gasteiger partial charge is 0.214 e. The number of hydrogen-bond acceptors (Lipinski definition) is 4. The Morgan fingerprint density at radius 1 is 1.29 bits per heavy atom. The standard InChI is InChI=1S/C15H25N3O2S/c16-10-5-12-18(15-7-1-2-8-15)21(19,20)13-9-14-6-3-4-11-17-14/h3-4,6,11,15H,1-2,5,7-10,12-13,16H2. The van der Waals surface area contributed by atoms with Crippen LogP contribution in [0.2, 0.25) is 0 Å². The van der Waals surface area contributed by atoms with Crippen LogP contribution in [0.15, 0.2) is 24.4 Å². The van der Waals surface area contributed by atoms with E-state index in [2.05, 4.69) is 4.98 Å². The molecule has 5 nitrogen and oxygen atoms in total. The summed E-state index contributed by atoms with van der Waals surface area (Å²) in [6.07, 6.45) is 7.10. The van der Waals surface area contributed by atoms with E-state index in [1.165, 1.54) is 0 Å². The highest BCUT2D eigenvalue weighted by molar-refractivity contribution is 7.89. The van der Waals surface area contributed by atoms with Gasteiger partial charge in [-0.1, -0.05) is 18.9 Å². The molecule has 0 spiro atoms. The van der Waals surface area contributed by atoms with Crippen molar-refractivity contribution in [3.63, 3.8) is 0 Å². The minimum Gasteiger partial charge on any atom is -0.330 e. The second-order valence-corrected chi connectivity index (χ2v) is 7.62. The van der Waals surface area contributed by atoms with Crippen molar-refractivity contribution in [2.75, 3.05) is 18.8 Å². The maximum absolute atomic E-state index is 12.7. The molecule has 1 aromatic heterocycles. The van der Waals surface area contributed by atoms with Crippen LogP contribution in [0.1, 0.15) is 37.8 Å². The molecule has 0 aromatic carbocycles. The maximum atomic E-state index is 12.7. The number of aromatic nitrogens is 1. The van der Waals surface area contributed by atoms with Crippen LogP contribution in [0.4, 0.5) is 0 Å². The molecular formula is C15H25N3O2S. The molecule has 0 atom stereocenters. The molecule has 2 rings (SSSR count). The van der Waals surface area contributed by atoms with Gasteiger partial charge in [-0.15, -0.1) is 0 Å². The van der Waals surface area contributed by atoms with Crippen LogP contribution in [0.5, 0.6) is 0 Å². The van der Waals surface area contributed by atoms with Crippen molar-refractivity contribution >= 4 is 10.0 Å². The van der Waals surface area contributed by atoms with Gasteiger partial charge in [-0.05, 0) is 37.9 Å². The average molecular weight is 311 g/mol. The number of nitrogens with zero attached hydrogens (tertiary/aromatic N) is 2. The lowest BCUT2D eigenvalue weighted by molar-refractivity contribution is 0.320. The van der Waals surface area contributed by atoms with Gasteiger partial charge in [-0.3, -0.25) is 4.98 Å². The molecule has 0 amide bonds. The molecule has 1 saturated carbocycles. The van der Waals surface area contributed by atoms with Crippen LogP contribution < -0.4 is 5.73 Å². The lowest BCUT2D eigenvalue weighted by atomic mass is 10.2. The van der Waals surface area contributed by atoms with E-state index >= 15 is 0 Å². The lowest BCUT2D eigenvalue weighted by Crippen LogP contribution is -2.41. The van der Waals surface area contributed by atoms with Gasteiger partial charge < -0.3 is 5.73 Å². The van der Waals surface area contributed by atoms with Gasteiger partial charge in [0.15, 0.2) is 0 Å². The van der Waals surface area contributed by atoms with Crippen molar-refractivity contribution in [3.05, 3.63) is 30.1 Å². The Morgan fingerprint density at radius 2 is 2.05 bits per heavy atom. The van der Waals surface area contributed by atoms with E-state index in [9.17, 15) is 8.42 Å². The molecule has 1 heterocycles. The fraction of sp³-hybridized carbons (Fsp3) is 0.667. The molecule has 1 aromatic rings. The van der Waals surface area contributed by atoms with Crippen LogP contribution in [-0.4, -0.2) is 42.6 Å². The zero-order valence-electron chi connectivity index (χ0n) is 12.4. The summed E-state index contributed by atoms with van der Waals surface area (Å²) in [7, 11) is -3.24. The maximum Gasteiger partial charge on any atom is 0.214 e. The Labute approximate surface area is 127 Å². The van der Waals surface area contributed by atoms with Crippen molar-refractivity contribution in [1.82, 2.24) is 9.29 Å². The Kier molecular flexibility index (Phi) is 6.14. The average Bonchev–Trinajstić information content (AvgIpc) is 3.00. The highest BCUT2D eigenvalue weighted by Gasteiger charge is 2.31. The largest absolute Gasteiger partial charge is 0.330 e. The summed E-state index contributed by atoms with van der Waals surface area (Å²) < 4.78 is 27.0. The number of nitrogens with two attached hydrogens (primary N) is 1. The van der Waals surface area contributed by atoms with Crippen molar-refractivity contribution in [1.29, 1.82) is 0 Å². The monoisotopic (exact) mass is 311 g/mol. The van der Waals surface area contributed by atoms with E-state index in [1.807, 2.05) is 18.2 Å². The zero-order chi connectivity index (χ0) is 15.1. The Balaban J connectivity index is 2.01. The van der Waals surface area contributed by atoms with E-state index in [0.29, 0.717) is 19.5 Å². The van der Waals surface area contributed by atoms with Crippen LogP contribution in [0.3, 0.4) is 0 Å². The summed E-state index contributed by atoms with van der Waals surface area (Å²) in [5.74, 6) is 0.130. The molecule has 6 heteroatoms. The predicted molar refractivity (Wildman–Crippen MR) is 84.4 cm³/mol. The number of aryl methyl sites for hydroxylation is 1. The zero-order valence-corrected chi connectivity index (χ0v) is 13.3. The lowest BCUT2D eigenvalue weighted by Gasteiger charge is -2.28. The SMILES string of the molecule is NCCCN(C1CCCC1)S(=O)(=O)CCc1ccccn1. The van der Waals surface area contributed by atoms with Gasteiger partial charge >= 0.3 is 0 Å². The minimum atomic E-state index is -3.24. The summed E-state index contributed by atoms with van der Waals surface area (Å²) in [6, 6.07) is 5.77. The van der Waals surface area contributed by atoms with Crippen molar-refractivity contribution < 1.29 is 8.42 Å². The Morgan fingerprint density at radius 3 is 2.67 bits per heavy atom. The summed E-state index contributed by atoms with van der Waals surface area (Å²) in [5.41, 5.74) is 6.38. The molecule has 0 saturated heterocycles. The van der Waals surface area contributed by atoms with Gasteiger partial charge in [0, 0.05) is 30.9 Å². The molecule has 0 radical (unpaired) electrons. The second-order valence-electron chi connectivity index (χ2n) is 5.58. The van der Waals surface area contributed by atoms with Gasteiger partial charge in [-0.25, -0.2) is 8.42 Å². The van der Waals surface area contributed by atoms with Gasteiger partial charge in [0.05, 0.1) is 5.75 Å². The van der Waals surface area contributed by atoms with E-state index in [0.717, 1.165) is 37.8 Å². The van der Waals surface area contributed by atoms with Gasteiger partial charge in [0.25, 0.3) is 0 Å². The third kappa shape index (κ3) is 4.76. The molecule has 0 unspecified atom stereocenters. The van der Waals surface area contributed by atoms with E-state index < -0.39 is 10.0 Å². The minimum absolute atomic E-state index is 0.130. The first kappa shape index (κ1) is 16.4. The molecule has 0 bridgehead atoms. The third-order valence-corrected chi connectivity index (χ3v) is 5.93. The van der Waals surface area contributed by atoms with E-state index in [4.69, 9.17) is 5.73 Å². The third-order valence-electron chi connectivity index (χ3n) is 4.01. The van der Waals surface area contributed by atoms with E-state index in [1.54, 1.807) is 10.5 Å². The number of rotatable bonds is 8. The summed E-state index contributed by atoms with van der Waals surface area (Å²) in [6.45, 7) is 1.07. The number of hydrogen-bond donors (Lipinski definition) is 1. The quantitative estimate of drug-likeness (QED) is 0.790. The molecule has 1 aliphatic carbocycles. The first-order valence-corrected chi connectivity index (χ1v) is 9.34. The molecule has 118 valence electrons. The first-order valence-electron chi connectivity index (χ1n) is 7.73. The molecule has 1 aliphatic rings. The Bertz CT molecular complexity index is 513. The highest BCUT2D eigenvalue weighted by atomic mass is 32.2. The van der Waals surface area contributed by atoms with Crippen molar-refractivity contribution in [2.45, 2.75) is 44.6 Å². The van der Waals surface area contributed by atoms with Crippen molar-refractivity contribution in [2.24, 2.45) is 5.73 Å². The van der Waals surface area contributed by atoms with Gasteiger partial charge in [-0.2, -0.15) is 4.31 Å². The topological polar surface area (TPSA) is 76.3 Å². The summed E-state index contributed by atoms with van der Waals surface area (Å²) in [4.78, 5) is 4.20. The Hall–Kier alpha value is -0.980. The summed E-state index contributed by atoms with van der Waals surface area (Å²) >= 11 is 0. The number of pyridine rings is 1. The van der Waals surface area contributed by atoms with Crippen LogP contribution in [-0.2, 0) is 16.4 Å². The molecular weight excluding hydrogens is 286 g/mol. The van der Waals surface area contributed by atoms with Crippen molar-refractivity contribution in [3.8, 4) is 0 Å². The molecule has 2 N–H and O–H groups in total. The second kappa shape index (κ2) is 7.87. The summed E-state index contributed by atoms with van der Waals surface area (Å²) in [5, 5.41) is 0. The molecule has 0 aliphatic heterocycles. The first-order chi connectivity index (χ1) is 10.1. The van der Waals surface area contributed by atoms with Gasteiger partial charge in [0.1, 0.15) is 0 Å². The van der Waals surface area contributed by atoms with Gasteiger partial charge in [0.2, 0.25) is 10.0 Å². The van der Waals surface area contributed by atoms with E-state index in [-0.39, 0.29) is 11.8 Å². The fourth-order valence-corrected chi connectivity index (χ4v) is 4.66. The number of sulfonamides is 1. The highest BCUT2D eigenvalue weighted by Crippen LogP contribution is 2.26. The predicted octanol–water partition coefficient (Wildman–Crippen LogP) is 1.55. The normalized spacial score (nSPS) is 16.7. The van der Waals surface area contributed by atoms with Crippen LogP contribution >= 0.6 is 0 Å². The van der Waals surface area contributed by atoms with Crippen LogP contribution in [0.25, 0.3) is 0 Å². The molecule has 1 fully saturated rings. The molecule has 21 heavy (non-hydrogen) atoms. The van der Waals surface area contributed by atoms with Crippen LogP contribution in [0, 0.1) is 0 Å². The fourth-order valence-electron chi connectivity index (χ4n) is 2.88.